The predicted molar refractivity (Wildman–Crippen MR) is 58.7 cm³/mol. The van der Waals surface area contributed by atoms with E-state index in [9.17, 15) is 0 Å². The highest BCUT2D eigenvalue weighted by Gasteiger charge is 2.23. The van der Waals surface area contributed by atoms with Crippen molar-refractivity contribution in [3.05, 3.63) is 33.8 Å². The lowest BCUT2D eigenvalue weighted by Crippen LogP contribution is -2.26. The third-order valence-electron chi connectivity index (χ3n) is 2.88. The molecule has 1 aliphatic rings. The molecule has 0 aromatic heterocycles. The predicted octanol–water partition coefficient (Wildman–Crippen LogP) is 2.51. The second-order valence-electron chi connectivity index (χ2n) is 3.94. The molecule has 13 heavy (non-hydrogen) atoms. The van der Waals surface area contributed by atoms with Crippen LogP contribution in [0.4, 0.5) is 0 Å². The van der Waals surface area contributed by atoms with E-state index in [1.807, 2.05) is 0 Å². The van der Waals surface area contributed by atoms with Crippen molar-refractivity contribution < 1.29 is 0 Å². The van der Waals surface area contributed by atoms with Gasteiger partial charge in [0.25, 0.3) is 0 Å². The minimum Gasteiger partial charge on any atom is -0.328 e. The molecule has 2 atom stereocenters. The minimum atomic E-state index is 0.311. The zero-order valence-electron chi connectivity index (χ0n) is 7.76. The zero-order valence-corrected chi connectivity index (χ0v) is 9.34. The van der Waals surface area contributed by atoms with Crippen LogP contribution < -0.4 is 5.73 Å². The summed E-state index contributed by atoms with van der Waals surface area (Å²) in [5.74, 6) is 0.643. The van der Waals surface area contributed by atoms with Gasteiger partial charge in [-0.1, -0.05) is 22.0 Å². The van der Waals surface area contributed by atoms with Crippen LogP contribution in [0.5, 0.6) is 0 Å². The average Bonchev–Trinajstić information content (AvgIpc) is 2.46. The molecule has 0 radical (unpaired) electrons. The van der Waals surface area contributed by atoms with Gasteiger partial charge >= 0.3 is 0 Å². The maximum absolute atomic E-state index is 5.90. The van der Waals surface area contributed by atoms with Crippen LogP contribution in [0.1, 0.15) is 18.1 Å². The Morgan fingerprint density at radius 1 is 1.38 bits per heavy atom. The molecule has 1 aromatic rings. The number of hydrogen-bond donors (Lipinski definition) is 1. The Labute approximate surface area is 87.5 Å². The van der Waals surface area contributed by atoms with Crippen molar-refractivity contribution in [2.75, 3.05) is 0 Å². The maximum atomic E-state index is 5.90. The Kier molecular flexibility index (Phi) is 2.43. The monoisotopic (exact) mass is 239 g/mol. The average molecular weight is 240 g/mol. The van der Waals surface area contributed by atoms with Crippen LogP contribution in [-0.2, 0) is 12.8 Å². The van der Waals surface area contributed by atoms with Gasteiger partial charge in [0.05, 0.1) is 0 Å². The SMILES string of the molecule is CC(N)C1Cc2ccc(Br)cc2C1. The fourth-order valence-electron chi connectivity index (χ4n) is 1.99. The molecule has 0 saturated carbocycles. The molecular formula is C11H14BrN. The summed E-state index contributed by atoms with van der Waals surface area (Å²) in [6.07, 6.45) is 2.30. The van der Waals surface area contributed by atoms with Gasteiger partial charge < -0.3 is 5.73 Å². The van der Waals surface area contributed by atoms with E-state index in [-0.39, 0.29) is 0 Å². The molecule has 0 heterocycles. The van der Waals surface area contributed by atoms with E-state index in [0.717, 1.165) is 12.8 Å². The van der Waals surface area contributed by atoms with E-state index in [2.05, 4.69) is 41.1 Å². The molecule has 0 saturated heterocycles. The Balaban J connectivity index is 2.25. The number of nitrogens with two attached hydrogens (primary N) is 1. The highest BCUT2D eigenvalue weighted by atomic mass is 79.9. The Morgan fingerprint density at radius 3 is 2.77 bits per heavy atom. The summed E-state index contributed by atoms with van der Waals surface area (Å²) in [6.45, 7) is 2.10. The van der Waals surface area contributed by atoms with Gasteiger partial charge in [0.2, 0.25) is 0 Å². The lowest BCUT2D eigenvalue weighted by atomic mass is 9.99. The van der Waals surface area contributed by atoms with Crippen molar-refractivity contribution in [3.8, 4) is 0 Å². The maximum Gasteiger partial charge on any atom is 0.0178 e. The molecule has 0 amide bonds. The highest BCUT2D eigenvalue weighted by molar-refractivity contribution is 9.10. The van der Waals surface area contributed by atoms with Crippen molar-refractivity contribution in [1.82, 2.24) is 0 Å². The molecule has 0 spiro atoms. The van der Waals surface area contributed by atoms with Crippen molar-refractivity contribution >= 4 is 15.9 Å². The normalized spacial score (nSPS) is 22.8. The fraction of sp³-hybridized carbons (Fsp3) is 0.455. The van der Waals surface area contributed by atoms with Crippen LogP contribution in [0.25, 0.3) is 0 Å². The van der Waals surface area contributed by atoms with Gasteiger partial charge in [0.1, 0.15) is 0 Å². The first kappa shape index (κ1) is 9.22. The first-order valence-corrected chi connectivity index (χ1v) is 5.49. The number of rotatable bonds is 1. The van der Waals surface area contributed by atoms with E-state index in [4.69, 9.17) is 5.73 Å². The summed E-state index contributed by atoms with van der Waals surface area (Å²) in [5.41, 5.74) is 8.85. The second kappa shape index (κ2) is 3.43. The van der Waals surface area contributed by atoms with Crippen LogP contribution in [0, 0.1) is 5.92 Å². The molecule has 2 rings (SSSR count). The third-order valence-corrected chi connectivity index (χ3v) is 3.37. The Hall–Kier alpha value is -0.340. The van der Waals surface area contributed by atoms with E-state index >= 15 is 0 Å². The molecule has 1 aromatic carbocycles. The second-order valence-corrected chi connectivity index (χ2v) is 4.86. The molecule has 2 heteroatoms. The largest absolute Gasteiger partial charge is 0.328 e. The van der Waals surface area contributed by atoms with Gasteiger partial charge in [0, 0.05) is 10.5 Å². The lowest BCUT2D eigenvalue weighted by molar-refractivity contribution is 0.467. The van der Waals surface area contributed by atoms with Crippen molar-refractivity contribution in [1.29, 1.82) is 0 Å². The van der Waals surface area contributed by atoms with Crippen LogP contribution in [0.15, 0.2) is 22.7 Å². The number of halogens is 1. The number of fused-ring (bicyclic) bond motifs is 1. The first-order chi connectivity index (χ1) is 6.16. The smallest absolute Gasteiger partial charge is 0.0178 e. The van der Waals surface area contributed by atoms with Gasteiger partial charge in [-0.2, -0.15) is 0 Å². The molecule has 0 fully saturated rings. The minimum absolute atomic E-state index is 0.311. The van der Waals surface area contributed by atoms with E-state index < -0.39 is 0 Å². The van der Waals surface area contributed by atoms with E-state index in [1.54, 1.807) is 0 Å². The van der Waals surface area contributed by atoms with Crippen LogP contribution in [0.2, 0.25) is 0 Å². The van der Waals surface area contributed by atoms with Gasteiger partial charge in [-0.05, 0) is 48.9 Å². The summed E-state index contributed by atoms with van der Waals surface area (Å²) in [6, 6.07) is 6.85. The topological polar surface area (TPSA) is 26.0 Å². The van der Waals surface area contributed by atoms with Crippen molar-refractivity contribution in [3.63, 3.8) is 0 Å². The van der Waals surface area contributed by atoms with Gasteiger partial charge in [-0.3, -0.25) is 0 Å². The van der Waals surface area contributed by atoms with E-state index in [1.165, 1.54) is 15.6 Å². The molecule has 0 aliphatic heterocycles. The number of hydrogen-bond acceptors (Lipinski definition) is 1. The summed E-state index contributed by atoms with van der Waals surface area (Å²) in [5, 5.41) is 0. The highest BCUT2D eigenvalue weighted by Crippen LogP contribution is 2.30. The summed E-state index contributed by atoms with van der Waals surface area (Å²) >= 11 is 3.49. The van der Waals surface area contributed by atoms with Crippen molar-refractivity contribution in [2.24, 2.45) is 11.7 Å². The van der Waals surface area contributed by atoms with Crippen LogP contribution >= 0.6 is 15.9 Å². The molecule has 2 N–H and O–H groups in total. The molecule has 2 unspecified atom stereocenters. The fourth-order valence-corrected chi connectivity index (χ4v) is 2.40. The van der Waals surface area contributed by atoms with Crippen molar-refractivity contribution in [2.45, 2.75) is 25.8 Å². The lowest BCUT2D eigenvalue weighted by Gasteiger charge is -2.12. The standard InChI is InChI=1S/C11H14BrN/c1-7(13)9-4-8-2-3-11(12)6-10(8)5-9/h2-3,6-7,9H,4-5,13H2,1H3. The number of benzene rings is 1. The quantitative estimate of drug-likeness (QED) is 0.801. The van der Waals surface area contributed by atoms with Crippen LogP contribution in [-0.4, -0.2) is 6.04 Å². The summed E-state index contributed by atoms with van der Waals surface area (Å²) < 4.78 is 1.18. The molecule has 1 nitrogen and oxygen atoms in total. The van der Waals surface area contributed by atoms with Gasteiger partial charge in [-0.25, -0.2) is 0 Å². The molecular weight excluding hydrogens is 226 g/mol. The third kappa shape index (κ3) is 1.79. The zero-order chi connectivity index (χ0) is 9.42. The van der Waals surface area contributed by atoms with E-state index in [0.29, 0.717) is 12.0 Å². The van der Waals surface area contributed by atoms with Crippen LogP contribution in [0.3, 0.4) is 0 Å². The molecule has 1 aliphatic carbocycles. The molecule has 70 valence electrons. The summed E-state index contributed by atoms with van der Waals surface area (Å²) in [7, 11) is 0. The molecule has 0 bridgehead atoms. The Bertz CT molecular complexity index is 320. The Morgan fingerprint density at radius 2 is 2.08 bits per heavy atom. The summed E-state index contributed by atoms with van der Waals surface area (Å²) in [4.78, 5) is 0. The first-order valence-electron chi connectivity index (χ1n) is 4.69. The van der Waals surface area contributed by atoms with Gasteiger partial charge in [0.15, 0.2) is 0 Å². The van der Waals surface area contributed by atoms with Gasteiger partial charge in [-0.15, -0.1) is 0 Å².